The summed E-state index contributed by atoms with van der Waals surface area (Å²) < 4.78 is 7.89. The summed E-state index contributed by atoms with van der Waals surface area (Å²) in [6.07, 6.45) is 5.58. The van der Waals surface area contributed by atoms with Crippen molar-refractivity contribution in [2.24, 2.45) is 10.1 Å². The van der Waals surface area contributed by atoms with Crippen LogP contribution in [0.2, 0.25) is 0 Å². The lowest BCUT2D eigenvalue weighted by Gasteiger charge is -2.00. The predicted octanol–water partition coefficient (Wildman–Crippen LogP) is 5.41. The number of para-hydroxylation sites is 2. The molecule has 142 valence electrons. The Labute approximate surface area is 171 Å². The summed E-state index contributed by atoms with van der Waals surface area (Å²) in [6.45, 7) is 4.29. The van der Waals surface area contributed by atoms with E-state index in [1.807, 2.05) is 64.9 Å². The summed E-state index contributed by atoms with van der Waals surface area (Å²) >= 11 is 1.53. The third kappa shape index (κ3) is 3.23. The van der Waals surface area contributed by atoms with Gasteiger partial charge >= 0.3 is 0 Å². The van der Waals surface area contributed by atoms with Crippen LogP contribution in [0.4, 0.5) is 0 Å². The van der Waals surface area contributed by atoms with E-state index in [9.17, 15) is 0 Å². The van der Waals surface area contributed by atoms with Crippen LogP contribution in [0.5, 0.6) is 0 Å². The van der Waals surface area contributed by atoms with E-state index in [0.29, 0.717) is 6.54 Å². The van der Waals surface area contributed by atoms with Crippen LogP contribution < -0.4 is 4.80 Å². The van der Waals surface area contributed by atoms with Crippen LogP contribution in [0.15, 0.2) is 93.3 Å². The molecule has 29 heavy (non-hydrogen) atoms. The highest BCUT2D eigenvalue weighted by molar-refractivity contribution is 7.07. The number of hydrogen-bond donors (Lipinski definition) is 1. The third-order valence-electron chi connectivity index (χ3n) is 4.65. The number of aromatic amines is 1. The van der Waals surface area contributed by atoms with Gasteiger partial charge in [0.05, 0.1) is 12.8 Å². The fourth-order valence-electron chi connectivity index (χ4n) is 3.26. The largest absolute Gasteiger partial charge is 0.454 e. The molecule has 5 aromatic rings. The first kappa shape index (κ1) is 17.5. The van der Waals surface area contributed by atoms with E-state index in [0.717, 1.165) is 43.7 Å². The first-order chi connectivity index (χ1) is 14.3. The van der Waals surface area contributed by atoms with Crippen LogP contribution in [-0.4, -0.2) is 22.4 Å². The first-order valence-corrected chi connectivity index (χ1v) is 10.1. The van der Waals surface area contributed by atoms with E-state index in [-0.39, 0.29) is 0 Å². The average Bonchev–Trinajstić information content (AvgIpc) is 3.46. The summed E-state index contributed by atoms with van der Waals surface area (Å²) in [7, 11) is 0. The highest BCUT2D eigenvalue weighted by Crippen LogP contribution is 2.28. The van der Waals surface area contributed by atoms with Gasteiger partial charge in [-0.05, 0) is 18.2 Å². The third-order valence-corrected chi connectivity index (χ3v) is 5.51. The Morgan fingerprint density at radius 2 is 2.00 bits per heavy atom. The minimum Gasteiger partial charge on any atom is -0.454 e. The van der Waals surface area contributed by atoms with Crippen molar-refractivity contribution in [1.29, 1.82) is 0 Å². The number of hydrogen-bond acceptors (Lipinski definition) is 4. The Morgan fingerprint density at radius 1 is 1.14 bits per heavy atom. The van der Waals surface area contributed by atoms with Crippen LogP contribution >= 0.6 is 11.3 Å². The lowest BCUT2D eigenvalue weighted by Crippen LogP contribution is -2.12. The Bertz CT molecular complexity index is 1380. The molecule has 0 saturated heterocycles. The monoisotopic (exact) mass is 398 g/mol. The maximum absolute atomic E-state index is 6.06. The lowest BCUT2D eigenvalue weighted by molar-refractivity contribution is 0.621. The number of furan rings is 1. The number of aromatic nitrogens is 2. The minimum absolute atomic E-state index is 0.530. The number of fused-ring (bicyclic) bond motifs is 2. The molecule has 0 bridgehead atoms. The van der Waals surface area contributed by atoms with Gasteiger partial charge in [0.2, 0.25) is 4.80 Å². The summed E-state index contributed by atoms with van der Waals surface area (Å²) in [5.74, 6) is 0.763. The lowest BCUT2D eigenvalue weighted by atomic mass is 10.2. The van der Waals surface area contributed by atoms with Gasteiger partial charge < -0.3 is 9.40 Å². The van der Waals surface area contributed by atoms with E-state index in [1.54, 1.807) is 6.08 Å². The maximum Gasteiger partial charge on any atom is 0.206 e. The van der Waals surface area contributed by atoms with Crippen LogP contribution in [-0.2, 0) is 0 Å². The van der Waals surface area contributed by atoms with Gasteiger partial charge in [0.15, 0.2) is 5.76 Å². The second kappa shape index (κ2) is 7.41. The molecule has 5 nitrogen and oxygen atoms in total. The molecule has 0 aliphatic rings. The Balaban J connectivity index is 1.63. The molecule has 5 rings (SSSR count). The van der Waals surface area contributed by atoms with Crippen molar-refractivity contribution in [3.63, 3.8) is 0 Å². The summed E-state index contributed by atoms with van der Waals surface area (Å²) in [5, 5.41) is 8.96. The molecule has 3 aromatic heterocycles. The molecule has 3 heterocycles. The number of rotatable bonds is 5. The van der Waals surface area contributed by atoms with E-state index in [4.69, 9.17) is 9.52 Å². The normalized spacial score (nSPS) is 12.5. The van der Waals surface area contributed by atoms with Gasteiger partial charge in [-0.1, -0.05) is 42.5 Å². The van der Waals surface area contributed by atoms with Crippen LogP contribution in [0.1, 0.15) is 5.56 Å². The van der Waals surface area contributed by atoms with Crippen LogP contribution in [0.3, 0.4) is 0 Å². The smallest absolute Gasteiger partial charge is 0.206 e. The molecule has 0 spiro atoms. The van der Waals surface area contributed by atoms with E-state index in [1.165, 1.54) is 11.3 Å². The minimum atomic E-state index is 0.530. The second-order valence-electron chi connectivity index (χ2n) is 6.53. The van der Waals surface area contributed by atoms with E-state index >= 15 is 0 Å². The summed E-state index contributed by atoms with van der Waals surface area (Å²) in [6, 6.07) is 18.2. The molecule has 0 aliphatic carbocycles. The molecule has 2 aromatic carbocycles. The Kier molecular flexibility index (Phi) is 4.46. The molecule has 0 aliphatic heterocycles. The highest BCUT2D eigenvalue weighted by atomic mass is 32.1. The fourth-order valence-corrected chi connectivity index (χ4v) is 4.09. The quantitative estimate of drug-likeness (QED) is 0.312. The van der Waals surface area contributed by atoms with Crippen LogP contribution in [0, 0.1) is 0 Å². The molecule has 0 amide bonds. The molecule has 0 radical (unpaired) electrons. The van der Waals surface area contributed by atoms with Gasteiger partial charge in [0.1, 0.15) is 11.3 Å². The Morgan fingerprint density at radius 3 is 2.90 bits per heavy atom. The van der Waals surface area contributed by atoms with Gasteiger partial charge in [-0.15, -0.1) is 17.9 Å². The van der Waals surface area contributed by atoms with Gasteiger partial charge in [-0.25, -0.2) is 4.68 Å². The molecule has 0 unspecified atom stereocenters. The predicted molar refractivity (Wildman–Crippen MR) is 119 cm³/mol. The van der Waals surface area contributed by atoms with Crippen LogP contribution in [0.25, 0.3) is 33.3 Å². The van der Waals surface area contributed by atoms with Crippen molar-refractivity contribution in [2.45, 2.75) is 0 Å². The van der Waals surface area contributed by atoms with Crippen molar-refractivity contribution < 1.29 is 4.42 Å². The standard InChI is InChI=1S/C23H18N4OS/c1-2-11-24-23-27(26-14-17-13-25-19-9-5-4-8-18(17)19)20(15-29-23)22-12-16-7-3-6-10-21(16)28-22/h2-10,12-15,25H,1,11H2. The molecule has 0 atom stereocenters. The zero-order valence-corrected chi connectivity index (χ0v) is 16.4. The molecular weight excluding hydrogens is 380 g/mol. The number of thiazole rings is 1. The molecular formula is C23H18N4OS. The summed E-state index contributed by atoms with van der Waals surface area (Å²) in [4.78, 5) is 8.65. The van der Waals surface area contributed by atoms with Crippen molar-refractivity contribution in [2.75, 3.05) is 6.54 Å². The number of benzene rings is 2. The second-order valence-corrected chi connectivity index (χ2v) is 7.36. The topological polar surface area (TPSA) is 58.6 Å². The van der Waals surface area contributed by atoms with Crippen molar-refractivity contribution >= 4 is 39.4 Å². The Hall–Kier alpha value is -3.64. The SMILES string of the molecule is C=CCN=c1scc(-c2cc3ccccc3o2)n1N=Cc1c[nH]c2ccccc12. The number of nitrogens with one attached hydrogen (secondary N) is 1. The van der Waals surface area contributed by atoms with Crippen molar-refractivity contribution in [3.05, 3.63) is 89.2 Å². The number of nitrogens with zero attached hydrogens (tertiary/aromatic N) is 3. The van der Waals surface area contributed by atoms with Crippen molar-refractivity contribution in [3.8, 4) is 11.5 Å². The van der Waals surface area contributed by atoms with Gasteiger partial charge in [-0.3, -0.25) is 4.99 Å². The van der Waals surface area contributed by atoms with E-state index in [2.05, 4.69) is 28.7 Å². The average molecular weight is 398 g/mol. The maximum atomic E-state index is 6.06. The van der Waals surface area contributed by atoms with Crippen molar-refractivity contribution in [1.82, 2.24) is 9.66 Å². The van der Waals surface area contributed by atoms with E-state index < -0.39 is 0 Å². The first-order valence-electron chi connectivity index (χ1n) is 9.25. The molecule has 0 fully saturated rings. The fraction of sp³-hybridized carbons (Fsp3) is 0.0435. The van der Waals surface area contributed by atoms with Gasteiger partial charge in [0.25, 0.3) is 0 Å². The number of H-pyrrole nitrogens is 1. The highest BCUT2D eigenvalue weighted by Gasteiger charge is 2.12. The molecule has 0 saturated carbocycles. The zero-order valence-electron chi connectivity index (χ0n) is 15.6. The van der Waals surface area contributed by atoms with Gasteiger partial charge in [-0.2, -0.15) is 5.10 Å². The summed E-state index contributed by atoms with van der Waals surface area (Å²) in [5.41, 5.74) is 3.82. The molecule has 6 heteroatoms. The molecule has 1 N–H and O–H groups in total. The van der Waals surface area contributed by atoms with Gasteiger partial charge in [0, 0.05) is 33.4 Å². The zero-order chi connectivity index (χ0) is 19.6.